The highest BCUT2D eigenvalue weighted by Gasteiger charge is 2.22. The van der Waals surface area contributed by atoms with Gasteiger partial charge in [0.25, 0.3) is 0 Å². The second-order valence-electron chi connectivity index (χ2n) is 7.27. The highest BCUT2D eigenvalue weighted by Crippen LogP contribution is 2.20. The Labute approximate surface area is 197 Å². The number of rotatable bonds is 10. The average molecular weight is 489 g/mol. The van der Waals surface area contributed by atoms with Crippen molar-refractivity contribution < 1.29 is 22.3 Å². The molecule has 33 heavy (non-hydrogen) atoms. The summed E-state index contributed by atoms with van der Waals surface area (Å²) < 4.78 is 45.0. The number of hydrogen-bond donors (Lipinski definition) is 1. The molecule has 6 nitrogen and oxygen atoms in total. The van der Waals surface area contributed by atoms with Gasteiger partial charge in [-0.15, -0.1) is 11.8 Å². The molecule has 0 saturated carbocycles. The van der Waals surface area contributed by atoms with Gasteiger partial charge in [0.1, 0.15) is 18.2 Å². The molecule has 0 aliphatic carbocycles. The Hall–Kier alpha value is -2.88. The van der Waals surface area contributed by atoms with Crippen molar-refractivity contribution in [3.63, 3.8) is 0 Å². The van der Waals surface area contributed by atoms with Gasteiger partial charge in [0.15, 0.2) is 0 Å². The number of ether oxygens (including phenoxy) is 1. The van der Waals surface area contributed by atoms with Gasteiger partial charge in [-0.05, 0) is 65.9 Å². The number of sulfonamides is 1. The second-order valence-corrected chi connectivity index (χ2v) is 10.2. The number of carbonyl (C=O) groups excluding carboxylic acids is 1. The van der Waals surface area contributed by atoms with E-state index in [1.54, 1.807) is 36.4 Å². The van der Waals surface area contributed by atoms with Crippen LogP contribution in [0.5, 0.6) is 5.75 Å². The van der Waals surface area contributed by atoms with E-state index in [4.69, 9.17) is 4.74 Å². The molecule has 3 rings (SSSR count). The summed E-state index contributed by atoms with van der Waals surface area (Å²) in [6.07, 6.45) is 1.91. The normalized spacial score (nSPS) is 11.4. The zero-order chi connectivity index (χ0) is 23.8. The van der Waals surface area contributed by atoms with Crippen molar-refractivity contribution in [1.82, 2.24) is 9.62 Å². The number of hydrogen-bond acceptors (Lipinski definition) is 5. The molecule has 9 heteroatoms. The lowest BCUT2D eigenvalue weighted by molar-refractivity contribution is -0.121. The van der Waals surface area contributed by atoms with E-state index < -0.39 is 15.9 Å². The third kappa shape index (κ3) is 7.05. The molecule has 0 fully saturated rings. The number of nitrogens with zero attached hydrogens (tertiary/aromatic N) is 1. The first kappa shape index (κ1) is 24.8. The molecule has 0 heterocycles. The first-order chi connectivity index (χ1) is 15.8. The summed E-state index contributed by atoms with van der Waals surface area (Å²) in [6, 6.07) is 19.8. The molecule has 0 aromatic heterocycles. The Balaban J connectivity index is 1.48. The number of amides is 1. The van der Waals surface area contributed by atoms with E-state index in [-0.39, 0.29) is 23.8 Å². The highest BCUT2D eigenvalue weighted by molar-refractivity contribution is 7.98. The molecule has 3 aromatic rings. The lowest BCUT2D eigenvalue weighted by Gasteiger charge is -2.17. The lowest BCUT2D eigenvalue weighted by Crippen LogP contribution is -2.38. The number of likely N-dealkylation sites (N-methyl/N-ethyl adjacent to an activating group) is 1. The molecule has 1 N–H and O–H groups in total. The van der Waals surface area contributed by atoms with E-state index in [2.05, 4.69) is 5.32 Å². The minimum Gasteiger partial charge on any atom is -0.489 e. The Kier molecular flexibility index (Phi) is 8.49. The van der Waals surface area contributed by atoms with Crippen LogP contribution in [0.15, 0.2) is 82.6 Å². The molecular weight excluding hydrogens is 463 g/mol. The number of carbonyl (C=O) groups is 1. The van der Waals surface area contributed by atoms with E-state index in [1.165, 1.54) is 43.1 Å². The summed E-state index contributed by atoms with van der Waals surface area (Å²) in [5.41, 5.74) is 1.70. The first-order valence-electron chi connectivity index (χ1n) is 10.1. The highest BCUT2D eigenvalue weighted by atomic mass is 32.2. The fourth-order valence-corrected chi connectivity index (χ4v) is 4.46. The van der Waals surface area contributed by atoms with Gasteiger partial charge in [-0.25, -0.2) is 12.8 Å². The van der Waals surface area contributed by atoms with Crippen LogP contribution in [0, 0.1) is 5.82 Å². The van der Waals surface area contributed by atoms with Crippen molar-refractivity contribution in [2.75, 3.05) is 19.8 Å². The average Bonchev–Trinajstić information content (AvgIpc) is 2.83. The lowest BCUT2D eigenvalue weighted by atomic mass is 10.2. The fourth-order valence-electron chi connectivity index (χ4n) is 2.92. The first-order valence-corrected chi connectivity index (χ1v) is 12.8. The molecule has 0 unspecified atom stereocenters. The van der Waals surface area contributed by atoms with Crippen molar-refractivity contribution in [3.8, 4) is 5.75 Å². The van der Waals surface area contributed by atoms with Gasteiger partial charge in [0, 0.05) is 18.5 Å². The second kappa shape index (κ2) is 11.3. The largest absolute Gasteiger partial charge is 0.489 e. The van der Waals surface area contributed by atoms with Crippen LogP contribution in [0.25, 0.3) is 0 Å². The van der Waals surface area contributed by atoms with Gasteiger partial charge in [0.05, 0.1) is 11.4 Å². The minimum absolute atomic E-state index is 0.145. The van der Waals surface area contributed by atoms with Crippen molar-refractivity contribution in [1.29, 1.82) is 0 Å². The van der Waals surface area contributed by atoms with Crippen LogP contribution in [0.4, 0.5) is 4.39 Å². The van der Waals surface area contributed by atoms with Gasteiger partial charge in [-0.3, -0.25) is 4.79 Å². The smallest absolute Gasteiger partial charge is 0.243 e. The molecule has 0 aliphatic heterocycles. The van der Waals surface area contributed by atoms with Crippen molar-refractivity contribution in [2.45, 2.75) is 22.9 Å². The van der Waals surface area contributed by atoms with E-state index >= 15 is 0 Å². The molecular formula is C24H25FN2O4S2. The molecule has 174 valence electrons. The Bertz CT molecular complexity index is 1170. The van der Waals surface area contributed by atoms with Gasteiger partial charge in [-0.2, -0.15) is 4.31 Å². The number of halogens is 1. The topological polar surface area (TPSA) is 75.7 Å². The third-order valence-corrected chi connectivity index (χ3v) is 7.43. The van der Waals surface area contributed by atoms with Gasteiger partial charge < -0.3 is 10.1 Å². The SMILES string of the molecule is CSc1ccc(S(=O)(=O)N(C)CC(=O)NCc2ccc(OCc3ccc(F)cc3)cc2)cc1. The summed E-state index contributed by atoms with van der Waals surface area (Å²) in [4.78, 5) is 13.4. The van der Waals surface area contributed by atoms with E-state index in [9.17, 15) is 17.6 Å². The Morgan fingerprint density at radius 2 is 1.58 bits per heavy atom. The number of benzene rings is 3. The monoisotopic (exact) mass is 488 g/mol. The van der Waals surface area contributed by atoms with E-state index in [0.717, 1.165) is 20.3 Å². The number of thioether (sulfide) groups is 1. The molecule has 0 atom stereocenters. The predicted molar refractivity (Wildman–Crippen MR) is 127 cm³/mol. The van der Waals surface area contributed by atoms with Crippen LogP contribution in [-0.4, -0.2) is 38.5 Å². The van der Waals surface area contributed by atoms with Gasteiger partial charge in [-0.1, -0.05) is 24.3 Å². The molecule has 3 aromatic carbocycles. The number of nitrogens with one attached hydrogen (secondary N) is 1. The van der Waals surface area contributed by atoms with Gasteiger partial charge in [0.2, 0.25) is 15.9 Å². The molecule has 0 aliphatic rings. The quantitative estimate of drug-likeness (QED) is 0.436. The van der Waals surface area contributed by atoms with Crippen molar-refractivity contribution in [3.05, 3.63) is 89.7 Å². The van der Waals surface area contributed by atoms with Crippen LogP contribution >= 0.6 is 11.8 Å². The fraction of sp³-hybridized carbons (Fsp3) is 0.208. The maximum Gasteiger partial charge on any atom is 0.243 e. The van der Waals surface area contributed by atoms with Crippen molar-refractivity contribution >= 4 is 27.7 Å². The van der Waals surface area contributed by atoms with Crippen LogP contribution < -0.4 is 10.1 Å². The zero-order valence-electron chi connectivity index (χ0n) is 18.3. The molecule has 0 bridgehead atoms. The Morgan fingerprint density at radius 1 is 0.970 bits per heavy atom. The summed E-state index contributed by atoms with van der Waals surface area (Å²) in [5.74, 6) is -0.0510. The Morgan fingerprint density at radius 3 is 2.18 bits per heavy atom. The summed E-state index contributed by atoms with van der Waals surface area (Å²) >= 11 is 1.52. The third-order valence-electron chi connectivity index (χ3n) is 4.87. The van der Waals surface area contributed by atoms with Gasteiger partial charge >= 0.3 is 0 Å². The summed E-state index contributed by atoms with van der Waals surface area (Å²) in [6.45, 7) is 0.288. The zero-order valence-corrected chi connectivity index (χ0v) is 20.0. The standard InChI is InChI=1S/C24H25FN2O4S2/c1-27(33(29,30)23-13-11-22(32-2)12-14-23)16-24(28)26-15-18-5-9-21(10-6-18)31-17-19-3-7-20(25)8-4-19/h3-14H,15-17H2,1-2H3,(H,26,28). The van der Waals surface area contributed by atoms with Crippen LogP contribution in [0.3, 0.4) is 0 Å². The maximum absolute atomic E-state index is 13.0. The predicted octanol–water partition coefficient (Wildman–Crippen LogP) is 4.06. The van der Waals surface area contributed by atoms with Crippen LogP contribution in [-0.2, 0) is 28.0 Å². The summed E-state index contributed by atoms with van der Waals surface area (Å²) in [7, 11) is -2.37. The van der Waals surface area contributed by atoms with Crippen LogP contribution in [0.2, 0.25) is 0 Å². The van der Waals surface area contributed by atoms with E-state index in [0.29, 0.717) is 12.4 Å². The van der Waals surface area contributed by atoms with E-state index in [1.807, 2.05) is 18.4 Å². The summed E-state index contributed by atoms with van der Waals surface area (Å²) in [5, 5.41) is 2.73. The molecule has 0 saturated heterocycles. The maximum atomic E-state index is 13.0. The minimum atomic E-state index is -3.75. The molecule has 0 radical (unpaired) electrons. The van der Waals surface area contributed by atoms with Crippen LogP contribution in [0.1, 0.15) is 11.1 Å². The molecule has 1 amide bonds. The molecule has 0 spiro atoms. The van der Waals surface area contributed by atoms with Crippen molar-refractivity contribution in [2.24, 2.45) is 0 Å².